The van der Waals surface area contributed by atoms with E-state index in [9.17, 15) is 4.79 Å². The highest BCUT2D eigenvalue weighted by Crippen LogP contribution is 2.22. The zero-order chi connectivity index (χ0) is 21.6. The number of benzene rings is 1. The highest BCUT2D eigenvalue weighted by molar-refractivity contribution is 6.42. The number of H-pyrrole nitrogens is 2. The summed E-state index contributed by atoms with van der Waals surface area (Å²) >= 11 is 12.1. The summed E-state index contributed by atoms with van der Waals surface area (Å²) in [6, 6.07) is 5.51. The molecule has 0 spiro atoms. The third-order valence-electron chi connectivity index (χ3n) is 5.18. The van der Waals surface area contributed by atoms with Crippen molar-refractivity contribution in [3.8, 4) is 0 Å². The number of nitrogens with zero attached hydrogens (tertiary/aromatic N) is 3. The van der Waals surface area contributed by atoms with Crippen LogP contribution in [-0.4, -0.2) is 70.6 Å². The zero-order valence-electron chi connectivity index (χ0n) is 17.0. The normalized spacial score (nSPS) is 16.1. The summed E-state index contributed by atoms with van der Waals surface area (Å²) in [5, 5.41) is 14.4. The van der Waals surface area contributed by atoms with E-state index >= 15 is 0 Å². The number of fused-ring (bicyclic) bond motifs is 1. The van der Waals surface area contributed by atoms with Crippen molar-refractivity contribution >= 4 is 34.2 Å². The van der Waals surface area contributed by atoms with E-state index in [4.69, 9.17) is 27.9 Å². The van der Waals surface area contributed by atoms with Gasteiger partial charge >= 0.3 is 0 Å². The predicted molar refractivity (Wildman–Crippen MR) is 121 cm³/mol. The van der Waals surface area contributed by atoms with Gasteiger partial charge in [-0.3, -0.25) is 20.1 Å². The maximum atomic E-state index is 12.2. The number of rotatable bonds is 9. The molecular formula is C20H25Cl2N7O2. The molecule has 31 heavy (non-hydrogen) atoms. The van der Waals surface area contributed by atoms with Gasteiger partial charge in [-0.2, -0.15) is 5.10 Å². The molecule has 0 aliphatic carbocycles. The van der Waals surface area contributed by atoms with Gasteiger partial charge in [-0.1, -0.05) is 29.3 Å². The minimum Gasteiger partial charge on any atom is -0.362 e. The molecule has 2 aromatic heterocycles. The van der Waals surface area contributed by atoms with Gasteiger partial charge in [0.05, 0.1) is 16.7 Å². The largest absolute Gasteiger partial charge is 0.362 e. The van der Waals surface area contributed by atoms with Crippen LogP contribution in [0.3, 0.4) is 0 Å². The lowest BCUT2D eigenvalue weighted by Gasteiger charge is -2.28. The zero-order valence-corrected chi connectivity index (χ0v) is 18.5. The van der Waals surface area contributed by atoms with Crippen molar-refractivity contribution in [2.75, 3.05) is 39.3 Å². The monoisotopic (exact) mass is 465 g/mol. The van der Waals surface area contributed by atoms with Crippen LogP contribution in [0.25, 0.3) is 11.0 Å². The van der Waals surface area contributed by atoms with Crippen molar-refractivity contribution in [2.24, 2.45) is 0 Å². The lowest BCUT2D eigenvalue weighted by molar-refractivity contribution is 0.0136. The molecule has 1 saturated heterocycles. The Morgan fingerprint density at radius 2 is 2.06 bits per heavy atom. The molecule has 9 nitrogen and oxygen atoms in total. The van der Waals surface area contributed by atoms with Gasteiger partial charge < -0.3 is 15.0 Å². The van der Waals surface area contributed by atoms with Crippen LogP contribution >= 0.6 is 23.2 Å². The van der Waals surface area contributed by atoms with Gasteiger partial charge in [0.25, 0.3) is 5.56 Å². The number of halogens is 2. The first kappa shape index (κ1) is 22.2. The molecule has 0 saturated carbocycles. The molecule has 4 N–H and O–H groups in total. The van der Waals surface area contributed by atoms with Gasteiger partial charge in [0.2, 0.25) is 0 Å². The van der Waals surface area contributed by atoms with Gasteiger partial charge in [-0.15, -0.1) is 0 Å². The molecule has 1 aliphatic heterocycles. The molecule has 3 aromatic rings. The summed E-state index contributed by atoms with van der Waals surface area (Å²) in [4.78, 5) is 21.9. The van der Waals surface area contributed by atoms with Crippen LogP contribution in [-0.2, 0) is 17.7 Å². The third kappa shape index (κ3) is 6.03. The lowest BCUT2D eigenvalue weighted by Crippen LogP contribution is -2.45. The Labute approximate surface area is 189 Å². The molecular weight excluding hydrogens is 441 g/mol. The Hall–Kier alpha value is -2.01. The van der Waals surface area contributed by atoms with Crippen molar-refractivity contribution in [2.45, 2.75) is 19.2 Å². The molecule has 4 rings (SSSR count). The molecule has 1 fully saturated rings. The fraction of sp³-hybridized carbons (Fsp3) is 0.450. The summed E-state index contributed by atoms with van der Waals surface area (Å²) in [7, 11) is 0. The first-order chi connectivity index (χ1) is 15.1. The van der Waals surface area contributed by atoms with E-state index in [-0.39, 0.29) is 11.8 Å². The number of hydrogen-bond acceptors (Lipinski definition) is 7. The molecule has 1 atom stereocenters. The smallest absolute Gasteiger partial charge is 0.279 e. The van der Waals surface area contributed by atoms with E-state index in [0.29, 0.717) is 46.5 Å². The molecule has 11 heteroatoms. The third-order valence-corrected chi connectivity index (χ3v) is 5.92. The minimum atomic E-state index is -0.343. The first-order valence-corrected chi connectivity index (χ1v) is 11.0. The molecule has 0 radical (unpaired) electrons. The average Bonchev–Trinajstić information content (AvgIpc) is 3.24. The van der Waals surface area contributed by atoms with Gasteiger partial charge in [-0.05, 0) is 17.7 Å². The second kappa shape index (κ2) is 10.5. The van der Waals surface area contributed by atoms with Crippen molar-refractivity contribution in [1.82, 2.24) is 35.7 Å². The Balaban J connectivity index is 1.42. The van der Waals surface area contributed by atoms with Crippen LogP contribution in [0, 0.1) is 0 Å². The van der Waals surface area contributed by atoms with Crippen LogP contribution in [0.2, 0.25) is 10.0 Å². The predicted octanol–water partition coefficient (Wildman–Crippen LogP) is 1.53. The van der Waals surface area contributed by atoms with E-state index in [2.05, 4.69) is 35.7 Å². The van der Waals surface area contributed by atoms with Crippen LogP contribution in [0.4, 0.5) is 0 Å². The topological polar surface area (TPSA) is 111 Å². The summed E-state index contributed by atoms with van der Waals surface area (Å²) < 4.78 is 6.14. The number of nitrogens with one attached hydrogen (secondary N) is 4. The van der Waals surface area contributed by atoms with E-state index in [1.54, 1.807) is 12.3 Å². The first-order valence-electron chi connectivity index (χ1n) is 10.2. The Bertz CT molecular complexity index is 1070. The van der Waals surface area contributed by atoms with Crippen LogP contribution in [0.15, 0.2) is 29.2 Å². The summed E-state index contributed by atoms with van der Waals surface area (Å²) in [6.45, 7) is 5.96. The lowest BCUT2D eigenvalue weighted by atomic mass is 10.2. The van der Waals surface area contributed by atoms with E-state index in [1.165, 1.54) is 0 Å². The number of hydrogen-bond donors (Lipinski definition) is 4. The van der Waals surface area contributed by atoms with Crippen molar-refractivity contribution < 1.29 is 4.74 Å². The second-order valence-electron chi connectivity index (χ2n) is 7.42. The number of piperazine rings is 1. The Morgan fingerprint density at radius 1 is 1.23 bits per heavy atom. The molecule has 1 aromatic carbocycles. The maximum Gasteiger partial charge on any atom is 0.279 e. The molecule has 166 valence electrons. The molecule has 3 heterocycles. The molecule has 0 unspecified atom stereocenters. The molecule has 1 aliphatic rings. The van der Waals surface area contributed by atoms with Crippen molar-refractivity contribution in [1.29, 1.82) is 0 Å². The fourth-order valence-electron chi connectivity index (χ4n) is 3.50. The average molecular weight is 466 g/mol. The van der Waals surface area contributed by atoms with E-state index in [0.717, 1.165) is 38.3 Å². The van der Waals surface area contributed by atoms with E-state index < -0.39 is 0 Å². The molecule has 0 amide bonds. The second-order valence-corrected chi connectivity index (χ2v) is 8.23. The number of ether oxygens (including phenoxy) is 1. The fourth-order valence-corrected chi connectivity index (χ4v) is 3.82. The van der Waals surface area contributed by atoms with Crippen molar-refractivity contribution in [3.05, 3.63) is 56.2 Å². The SMILES string of the molecule is O=c1[nH]c(C[C@@H](NCc2ccc(Cl)c(Cl)c2)OCCN2CCNCC2)nc2c[nH]nc12. The van der Waals surface area contributed by atoms with Crippen LogP contribution < -0.4 is 16.2 Å². The standard InChI is InChI=1S/C20H25Cl2N7O2/c21-14-2-1-13(9-15(14)22)11-24-18(31-8-7-29-5-3-23-4-6-29)10-17-26-16-12-25-28-19(16)20(30)27-17/h1-2,9,12,18,23-24H,3-8,10-11H2,(H,25,28)(H,26,27,30)/t18-/m0/s1. The molecule has 0 bridgehead atoms. The Kier molecular flexibility index (Phi) is 7.54. The highest BCUT2D eigenvalue weighted by Gasteiger charge is 2.16. The van der Waals surface area contributed by atoms with Crippen LogP contribution in [0.5, 0.6) is 0 Å². The summed E-state index contributed by atoms with van der Waals surface area (Å²) in [6.07, 6.45) is 1.67. The summed E-state index contributed by atoms with van der Waals surface area (Å²) in [5.74, 6) is 0.535. The number of aromatic amines is 2. The summed E-state index contributed by atoms with van der Waals surface area (Å²) in [5.41, 5.74) is 1.54. The van der Waals surface area contributed by atoms with Crippen molar-refractivity contribution in [3.63, 3.8) is 0 Å². The van der Waals surface area contributed by atoms with Gasteiger partial charge in [-0.25, -0.2) is 4.98 Å². The maximum absolute atomic E-state index is 12.2. The Morgan fingerprint density at radius 3 is 2.87 bits per heavy atom. The van der Waals surface area contributed by atoms with Gasteiger partial charge in [0, 0.05) is 51.9 Å². The van der Waals surface area contributed by atoms with Gasteiger partial charge in [0.1, 0.15) is 17.6 Å². The van der Waals surface area contributed by atoms with Crippen LogP contribution in [0.1, 0.15) is 11.4 Å². The number of aromatic nitrogens is 4. The highest BCUT2D eigenvalue weighted by atomic mass is 35.5. The minimum absolute atomic E-state index is 0.273. The van der Waals surface area contributed by atoms with E-state index in [1.807, 2.05) is 12.1 Å². The quantitative estimate of drug-likeness (QED) is 0.354. The van der Waals surface area contributed by atoms with Gasteiger partial charge in [0.15, 0.2) is 5.52 Å².